The van der Waals surface area contributed by atoms with Crippen molar-refractivity contribution in [2.75, 3.05) is 26.2 Å². The third kappa shape index (κ3) is 9.92. The van der Waals surface area contributed by atoms with E-state index in [0.717, 1.165) is 26.2 Å². The minimum Gasteiger partial charge on any atom is -0.315 e. The Kier molecular flexibility index (Phi) is 6.39. The molecule has 0 unspecified atom stereocenters. The van der Waals surface area contributed by atoms with Gasteiger partial charge in [-0.1, -0.05) is 27.7 Å². The molecule has 2 heteroatoms. The van der Waals surface area contributed by atoms with Gasteiger partial charge in [-0.05, 0) is 18.4 Å². The smallest absolute Gasteiger partial charge is 0.00769 e. The van der Waals surface area contributed by atoms with E-state index in [0.29, 0.717) is 5.41 Å². The Hall–Kier alpha value is -0.0800. The Balaban J connectivity index is 3.01. The first-order chi connectivity index (χ1) is 5.56. The molecule has 0 radical (unpaired) electrons. The van der Waals surface area contributed by atoms with Crippen molar-refractivity contribution in [1.82, 2.24) is 10.6 Å². The van der Waals surface area contributed by atoms with E-state index < -0.39 is 0 Å². The van der Waals surface area contributed by atoms with Gasteiger partial charge in [0.15, 0.2) is 0 Å². The highest BCUT2D eigenvalue weighted by molar-refractivity contribution is 4.64. The molecule has 0 aromatic carbocycles. The molecule has 0 bridgehead atoms. The topological polar surface area (TPSA) is 24.1 Å². The van der Waals surface area contributed by atoms with E-state index in [1.165, 1.54) is 6.42 Å². The molecule has 0 saturated carbocycles. The van der Waals surface area contributed by atoms with Crippen LogP contribution in [0.5, 0.6) is 0 Å². The second kappa shape index (κ2) is 6.44. The lowest BCUT2D eigenvalue weighted by molar-refractivity contribution is 0.379. The van der Waals surface area contributed by atoms with Crippen LogP contribution in [-0.2, 0) is 0 Å². The number of hydrogen-bond donors (Lipinski definition) is 2. The summed E-state index contributed by atoms with van der Waals surface area (Å²) in [7, 11) is 0. The van der Waals surface area contributed by atoms with E-state index >= 15 is 0 Å². The predicted octanol–water partition coefficient (Wildman–Crippen LogP) is 1.62. The van der Waals surface area contributed by atoms with Crippen LogP contribution in [0.3, 0.4) is 0 Å². The van der Waals surface area contributed by atoms with Crippen molar-refractivity contribution in [1.29, 1.82) is 0 Å². The highest BCUT2D eigenvalue weighted by atomic mass is 14.9. The van der Waals surface area contributed by atoms with Gasteiger partial charge in [0, 0.05) is 19.6 Å². The molecule has 0 aliphatic carbocycles. The van der Waals surface area contributed by atoms with Crippen LogP contribution in [0, 0.1) is 5.41 Å². The highest BCUT2D eigenvalue weighted by Crippen LogP contribution is 2.09. The largest absolute Gasteiger partial charge is 0.315 e. The predicted molar refractivity (Wildman–Crippen MR) is 55.5 cm³/mol. The van der Waals surface area contributed by atoms with Gasteiger partial charge < -0.3 is 10.6 Å². The van der Waals surface area contributed by atoms with Crippen LogP contribution in [0.15, 0.2) is 0 Å². The van der Waals surface area contributed by atoms with Crippen molar-refractivity contribution in [3.05, 3.63) is 0 Å². The van der Waals surface area contributed by atoms with Crippen molar-refractivity contribution in [3.8, 4) is 0 Å². The highest BCUT2D eigenvalue weighted by Gasteiger charge is 2.07. The quantitative estimate of drug-likeness (QED) is 0.595. The maximum Gasteiger partial charge on any atom is 0.00769 e. The van der Waals surface area contributed by atoms with Crippen LogP contribution >= 0.6 is 0 Å². The first-order valence-corrected chi connectivity index (χ1v) is 4.97. The van der Waals surface area contributed by atoms with Gasteiger partial charge in [0.25, 0.3) is 0 Å². The summed E-state index contributed by atoms with van der Waals surface area (Å²) in [5, 5.41) is 6.78. The van der Waals surface area contributed by atoms with Crippen LogP contribution in [0.1, 0.15) is 34.1 Å². The van der Waals surface area contributed by atoms with Gasteiger partial charge in [0.1, 0.15) is 0 Å². The van der Waals surface area contributed by atoms with Crippen molar-refractivity contribution in [3.63, 3.8) is 0 Å². The zero-order valence-electron chi connectivity index (χ0n) is 9.04. The van der Waals surface area contributed by atoms with Crippen molar-refractivity contribution >= 4 is 0 Å². The van der Waals surface area contributed by atoms with E-state index in [1.807, 2.05) is 0 Å². The second-order valence-corrected chi connectivity index (χ2v) is 4.49. The molecule has 0 spiro atoms. The van der Waals surface area contributed by atoms with E-state index in [-0.39, 0.29) is 0 Å². The average Bonchev–Trinajstić information content (AvgIpc) is 1.94. The van der Waals surface area contributed by atoms with Crippen LogP contribution in [0.2, 0.25) is 0 Å². The fourth-order valence-electron chi connectivity index (χ4n) is 0.942. The van der Waals surface area contributed by atoms with Crippen LogP contribution in [-0.4, -0.2) is 26.2 Å². The Labute approximate surface area is 77.1 Å². The molecule has 2 nitrogen and oxygen atoms in total. The molecule has 0 aliphatic heterocycles. The number of hydrogen-bond acceptors (Lipinski definition) is 2. The minimum atomic E-state index is 0.407. The molecule has 2 N–H and O–H groups in total. The molecular weight excluding hydrogens is 148 g/mol. The van der Waals surface area contributed by atoms with Crippen LogP contribution < -0.4 is 10.6 Å². The monoisotopic (exact) mass is 172 g/mol. The van der Waals surface area contributed by atoms with Crippen molar-refractivity contribution in [2.24, 2.45) is 5.41 Å². The fraction of sp³-hybridized carbons (Fsp3) is 1.00. The summed E-state index contributed by atoms with van der Waals surface area (Å²) in [4.78, 5) is 0. The van der Waals surface area contributed by atoms with Crippen molar-refractivity contribution in [2.45, 2.75) is 34.1 Å². The summed E-state index contributed by atoms with van der Waals surface area (Å²) in [5.41, 5.74) is 0.407. The molecular formula is C10H24N2. The van der Waals surface area contributed by atoms with Gasteiger partial charge in [-0.2, -0.15) is 0 Å². The first-order valence-electron chi connectivity index (χ1n) is 4.97. The summed E-state index contributed by atoms with van der Waals surface area (Å²) in [6, 6.07) is 0. The molecule has 0 saturated heterocycles. The zero-order valence-corrected chi connectivity index (χ0v) is 9.04. The standard InChI is InChI=1S/C10H24N2/c1-5-6-11-7-8-12-9-10(2,3)4/h11-12H,5-9H2,1-4H3. The van der Waals surface area contributed by atoms with Crippen LogP contribution in [0.4, 0.5) is 0 Å². The van der Waals surface area contributed by atoms with Crippen molar-refractivity contribution < 1.29 is 0 Å². The molecule has 0 aromatic rings. The molecule has 0 atom stereocenters. The molecule has 0 amide bonds. The first kappa shape index (κ1) is 11.9. The normalized spacial score (nSPS) is 12.0. The van der Waals surface area contributed by atoms with Gasteiger partial charge in [-0.25, -0.2) is 0 Å². The average molecular weight is 172 g/mol. The summed E-state index contributed by atoms with van der Waals surface area (Å²) >= 11 is 0. The Morgan fingerprint density at radius 3 is 2.00 bits per heavy atom. The lowest BCUT2D eigenvalue weighted by atomic mass is 9.97. The summed E-state index contributed by atoms with van der Waals surface area (Å²) in [6.45, 7) is 13.3. The van der Waals surface area contributed by atoms with Crippen LogP contribution in [0.25, 0.3) is 0 Å². The summed E-state index contributed by atoms with van der Waals surface area (Å²) < 4.78 is 0. The SMILES string of the molecule is CCCNCCNCC(C)(C)C. The molecule has 12 heavy (non-hydrogen) atoms. The molecule has 0 heterocycles. The van der Waals surface area contributed by atoms with E-state index in [9.17, 15) is 0 Å². The number of nitrogens with one attached hydrogen (secondary N) is 2. The fourth-order valence-corrected chi connectivity index (χ4v) is 0.942. The summed E-state index contributed by atoms with van der Waals surface area (Å²) in [6.07, 6.45) is 1.22. The van der Waals surface area contributed by atoms with Gasteiger partial charge in [0.05, 0.1) is 0 Å². The Bertz CT molecular complexity index is 94.5. The van der Waals surface area contributed by atoms with E-state index in [2.05, 4.69) is 38.3 Å². The zero-order chi connectivity index (χ0) is 9.45. The third-order valence-electron chi connectivity index (χ3n) is 1.56. The van der Waals surface area contributed by atoms with Gasteiger partial charge in [0.2, 0.25) is 0 Å². The van der Waals surface area contributed by atoms with Gasteiger partial charge >= 0.3 is 0 Å². The lowest BCUT2D eigenvalue weighted by Crippen LogP contribution is -2.33. The molecule has 0 fully saturated rings. The van der Waals surface area contributed by atoms with Gasteiger partial charge in [-0.15, -0.1) is 0 Å². The Morgan fingerprint density at radius 1 is 0.917 bits per heavy atom. The maximum atomic E-state index is 3.42. The lowest BCUT2D eigenvalue weighted by Gasteiger charge is -2.18. The van der Waals surface area contributed by atoms with E-state index in [4.69, 9.17) is 0 Å². The molecule has 74 valence electrons. The van der Waals surface area contributed by atoms with Gasteiger partial charge in [-0.3, -0.25) is 0 Å². The third-order valence-corrected chi connectivity index (χ3v) is 1.56. The molecule has 0 rings (SSSR count). The number of rotatable bonds is 6. The maximum absolute atomic E-state index is 3.42. The van der Waals surface area contributed by atoms with E-state index in [1.54, 1.807) is 0 Å². The minimum absolute atomic E-state index is 0.407. The molecule has 0 aromatic heterocycles. The molecule has 0 aliphatic rings. The Morgan fingerprint density at radius 2 is 1.50 bits per heavy atom. The second-order valence-electron chi connectivity index (χ2n) is 4.49. The summed E-state index contributed by atoms with van der Waals surface area (Å²) in [5.74, 6) is 0.